The highest BCUT2D eigenvalue weighted by Gasteiger charge is 2.15. The summed E-state index contributed by atoms with van der Waals surface area (Å²) in [5.41, 5.74) is 2.83. The second-order valence-corrected chi connectivity index (χ2v) is 6.06. The quantitative estimate of drug-likeness (QED) is 0.461. The Morgan fingerprint density at radius 2 is 1.92 bits per heavy atom. The molecular formula is C19H15ClN4O. The molecule has 0 amide bonds. The van der Waals surface area contributed by atoms with Gasteiger partial charge in [-0.2, -0.15) is 0 Å². The standard InChI is InChI=1S/C19H15ClN4O/c1-2-24-17-6-4-3-5-14(17)18(19(24)25)23-22-15-9-10-21-16-11-12(20)7-8-13(15)16/h3-11,25H,2H2,1H3. The van der Waals surface area contributed by atoms with E-state index in [2.05, 4.69) is 15.2 Å². The monoisotopic (exact) mass is 350 g/mol. The van der Waals surface area contributed by atoms with Crippen molar-refractivity contribution >= 4 is 44.8 Å². The van der Waals surface area contributed by atoms with Gasteiger partial charge in [0.25, 0.3) is 0 Å². The smallest absolute Gasteiger partial charge is 0.220 e. The molecule has 4 aromatic rings. The Bertz CT molecular complexity index is 1120. The molecule has 2 heterocycles. The molecule has 2 aromatic carbocycles. The summed E-state index contributed by atoms with van der Waals surface area (Å²) in [6.07, 6.45) is 1.67. The highest BCUT2D eigenvalue weighted by molar-refractivity contribution is 6.31. The van der Waals surface area contributed by atoms with Gasteiger partial charge in [0.1, 0.15) is 0 Å². The third kappa shape index (κ3) is 2.62. The molecular weight excluding hydrogens is 336 g/mol. The molecule has 0 aliphatic heterocycles. The average Bonchev–Trinajstić information content (AvgIpc) is 2.90. The minimum Gasteiger partial charge on any atom is -0.493 e. The Morgan fingerprint density at radius 1 is 1.08 bits per heavy atom. The summed E-state index contributed by atoms with van der Waals surface area (Å²) in [5.74, 6) is 0.119. The van der Waals surface area contributed by atoms with Crippen LogP contribution in [0.2, 0.25) is 5.02 Å². The van der Waals surface area contributed by atoms with Crippen LogP contribution in [0.15, 0.2) is 65.0 Å². The summed E-state index contributed by atoms with van der Waals surface area (Å²) in [6.45, 7) is 2.63. The van der Waals surface area contributed by atoms with Crippen molar-refractivity contribution in [3.8, 4) is 5.88 Å². The fourth-order valence-electron chi connectivity index (χ4n) is 2.99. The molecule has 6 heteroatoms. The normalized spacial score (nSPS) is 11.8. The van der Waals surface area contributed by atoms with E-state index >= 15 is 0 Å². The van der Waals surface area contributed by atoms with Gasteiger partial charge in [0.15, 0.2) is 5.69 Å². The number of azo groups is 1. The second-order valence-electron chi connectivity index (χ2n) is 5.63. The number of nitrogens with zero attached hydrogens (tertiary/aromatic N) is 4. The molecule has 124 valence electrons. The van der Waals surface area contributed by atoms with Crippen molar-refractivity contribution in [3.05, 3.63) is 59.8 Å². The lowest BCUT2D eigenvalue weighted by atomic mass is 10.2. The molecule has 0 saturated heterocycles. The third-order valence-electron chi connectivity index (χ3n) is 4.17. The number of halogens is 1. The van der Waals surface area contributed by atoms with Gasteiger partial charge in [-0.1, -0.05) is 29.8 Å². The van der Waals surface area contributed by atoms with Crippen LogP contribution in [0.4, 0.5) is 11.4 Å². The SMILES string of the molecule is CCn1c(O)c(N=Nc2ccnc3cc(Cl)ccc23)c2ccccc21. The van der Waals surface area contributed by atoms with Crippen LogP contribution in [0.5, 0.6) is 5.88 Å². The summed E-state index contributed by atoms with van der Waals surface area (Å²) in [5, 5.41) is 21.6. The number of pyridine rings is 1. The summed E-state index contributed by atoms with van der Waals surface area (Å²) in [4.78, 5) is 4.30. The number of hydrogen-bond donors (Lipinski definition) is 1. The maximum atomic E-state index is 10.5. The topological polar surface area (TPSA) is 62.8 Å². The first kappa shape index (κ1) is 15.6. The van der Waals surface area contributed by atoms with Crippen LogP contribution >= 0.6 is 11.6 Å². The van der Waals surface area contributed by atoms with Gasteiger partial charge in [-0.3, -0.25) is 4.98 Å². The van der Waals surface area contributed by atoms with E-state index in [4.69, 9.17) is 11.6 Å². The van der Waals surface area contributed by atoms with Gasteiger partial charge in [0, 0.05) is 28.5 Å². The van der Waals surface area contributed by atoms with Crippen molar-refractivity contribution in [2.24, 2.45) is 10.2 Å². The summed E-state index contributed by atoms with van der Waals surface area (Å²) < 4.78 is 1.81. The third-order valence-corrected chi connectivity index (χ3v) is 4.41. The van der Waals surface area contributed by atoms with E-state index in [0.29, 0.717) is 22.9 Å². The predicted molar refractivity (Wildman–Crippen MR) is 100 cm³/mol. The van der Waals surface area contributed by atoms with Crippen molar-refractivity contribution < 1.29 is 5.11 Å². The van der Waals surface area contributed by atoms with Crippen LogP contribution in [0.1, 0.15) is 6.92 Å². The molecule has 0 bridgehead atoms. The number of aromatic nitrogens is 2. The van der Waals surface area contributed by atoms with E-state index in [1.54, 1.807) is 24.4 Å². The van der Waals surface area contributed by atoms with Gasteiger partial charge in [-0.15, -0.1) is 10.2 Å². The zero-order valence-electron chi connectivity index (χ0n) is 13.5. The second kappa shape index (κ2) is 6.18. The minimum atomic E-state index is 0.119. The van der Waals surface area contributed by atoms with Crippen molar-refractivity contribution in [1.29, 1.82) is 0 Å². The number of aromatic hydroxyl groups is 1. The number of hydrogen-bond acceptors (Lipinski definition) is 4. The van der Waals surface area contributed by atoms with E-state index in [-0.39, 0.29) is 5.88 Å². The maximum Gasteiger partial charge on any atom is 0.220 e. The van der Waals surface area contributed by atoms with Crippen molar-refractivity contribution in [3.63, 3.8) is 0 Å². The molecule has 0 radical (unpaired) electrons. The lowest BCUT2D eigenvalue weighted by Crippen LogP contribution is -1.91. The number of benzene rings is 2. The number of fused-ring (bicyclic) bond motifs is 2. The van der Waals surface area contributed by atoms with Crippen LogP contribution in [0.25, 0.3) is 21.8 Å². The summed E-state index contributed by atoms with van der Waals surface area (Å²) >= 11 is 6.02. The van der Waals surface area contributed by atoms with Crippen molar-refractivity contribution in [1.82, 2.24) is 9.55 Å². The Labute approximate surface area is 149 Å². The zero-order valence-corrected chi connectivity index (χ0v) is 14.3. The van der Waals surface area contributed by atoms with Crippen LogP contribution in [-0.4, -0.2) is 14.7 Å². The highest BCUT2D eigenvalue weighted by Crippen LogP contribution is 2.39. The van der Waals surface area contributed by atoms with Crippen molar-refractivity contribution in [2.75, 3.05) is 0 Å². The van der Waals surface area contributed by atoms with E-state index in [1.807, 2.05) is 41.8 Å². The van der Waals surface area contributed by atoms with E-state index in [1.165, 1.54) is 0 Å². The molecule has 0 atom stereocenters. The zero-order chi connectivity index (χ0) is 17.4. The average molecular weight is 351 g/mol. The van der Waals surface area contributed by atoms with Gasteiger partial charge in [0.2, 0.25) is 5.88 Å². The largest absolute Gasteiger partial charge is 0.493 e. The van der Waals surface area contributed by atoms with E-state index in [9.17, 15) is 5.11 Å². The van der Waals surface area contributed by atoms with Crippen LogP contribution in [0, 0.1) is 0 Å². The van der Waals surface area contributed by atoms with Gasteiger partial charge in [0.05, 0.1) is 16.7 Å². The molecule has 0 saturated carbocycles. The first-order chi connectivity index (χ1) is 12.2. The molecule has 0 unspecified atom stereocenters. The van der Waals surface area contributed by atoms with Gasteiger partial charge >= 0.3 is 0 Å². The molecule has 4 rings (SSSR count). The van der Waals surface area contributed by atoms with Crippen LogP contribution in [-0.2, 0) is 6.54 Å². The lowest BCUT2D eigenvalue weighted by Gasteiger charge is -2.01. The molecule has 0 fully saturated rings. The minimum absolute atomic E-state index is 0.119. The maximum absolute atomic E-state index is 10.5. The molecule has 0 aliphatic rings. The summed E-state index contributed by atoms with van der Waals surface area (Å²) in [7, 11) is 0. The molecule has 25 heavy (non-hydrogen) atoms. The summed E-state index contributed by atoms with van der Waals surface area (Å²) in [6, 6.07) is 15.0. The molecule has 0 aliphatic carbocycles. The van der Waals surface area contributed by atoms with Crippen LogP contribution in [0.3, 0.4) is 0 Å². The molecule has 1 N–H and O–H groups in total. The van der Waals surface area contributed by atoms with Crippen LogP contribution < -0.4 is 0 Å². The Kier molecular flexibility index (Phi) is 3.86. The first-order valence-electron chi connectivity index (χ1n) is 7.95. The van der Waals surface area contributed by atoms with E-state index in [0.717, 1.165) is 21.8 Å². The van der Waals surface area contributed by atoms with Gasteiger partial charge < -0.3 is 9.67 Å². The fourth-order valence-corrected chi connectivity index (χ4v) is 3.15. The lowest BCUT2D eigenvalue weighted by molar-refractivity contribution is 0.427. The first-order valence-corrected chi connectivity index (χ1v) is 8.33. The number of para-hydroxylation sites is 1. The molecule has 5 nitrogen and oxygen atoms in total. The molecule has 0 spiro atoms. The fraction of sp³-hybridized carbons (Fsp3) is 0.105. The molecule has 2 aromatic heterocycles. The highest BCUT2D eigenvalue weighted by atomic mass is 35.5. The number of rotatable bonds is 3. The van der Waals surface area contributed by atoms with Gasteiger partial charge in [-0.25, -0.2) is 0 Å². The van der Waals surface area contributed by atoms with Crippen molar-refractivity contribution in [2.45, 2.75) is 13.5 Å². The Morgan fingerprint density at radius 3 is 2.76 bits per heavy atom. The Hall–Kier alpha value is -2.92. The predicted octanol–water partition coefficient (Wildman–Crippen LogP) is 5.98. The van der Waals surface area contributed by atoms with E-state index < -0.39 is 0 Å². The Balaban J connectivity index is 1.86. The van der Waals surface area contributed by atoms with Gasteiger partial charge in [-0.05, 0) is 37.3 Å². The number of aryl methyl sites for hydroxylation is 1.